The van der Waals surface area contributed by atoms with Crippen LogP contribution in [0.1, 0.15) is 33.2 Å². The molecule has 176 valence electrons. The van der Waals surface area contributed by atoms with Crippen molar-refractivity contribution < 1.29 is 19.1 Å². The van der Waals surface area contributed by atoms with Crippen molar-refractivity contribution in [2.75, 3.05) is 12.3 Å². The predicted molar refractivity (Wildman–Crippen MR) is 128 cm³/mol. The van der Waals surface area contributed by atoms with Crippen molar-refractivity contribution in [3.63, 3.8) is 0 Å². The van der Waals surface area contributed by atoms with Crippen molar-refractivity contribution in [2.24, 2.45) is 5.92 Å². The number of carbonyl (C=O) groups excluding carboxylic acids is 2. The number of carbonyl (C=O) groups is 2. The summed E-state index contributed by atoms with van der Waals surface area (Å²) in [7, 11) is 0. The van der Waals surface area contributed by atoms with E-state index < -0.39 is 18.0 Å². The van der Waals surface area contributed by atoms with E-state index >= 15 is 0 Å². The molecule has 0 bridgehead atoms. The fraction of sp³-hybridized carbons (Fsp3) is 0.192. The van der Waals surface area contributed by atoms with Crippen molar-refractivity contribution in [3.05, 3.63) is 96.6 Å². The average Bonchev–Trinajstić information content (AvgIpc) is 3.34. The number of allylic oxidation sites excluding steroid dienone is 1. The molecule has 2 aromatic heterocycles. The van der Waals surface area contributed by atoms with E-state index in [-0.39, 0.29) is 18.6 Å². The van der Waals surface area contributed by atoms with Gasteiger partial charge >= 0.3 is 11.9 Å². The molecule has 0 aliphatic heterocycles. The maximum Gasteiger partial charge on any atom is 0.338 e. The second kappa shape index (κ2) is 9.76. The molecule has 1 aliphatic carbocycles. The number of nitrogens with two attached hydrogens (primary N) is 1. The highest BCUT2D eigenvalue weighted by molar-refractivity contribution is 5.90. The van der Waals surface area contributed by atoms with Gasteiger partial charge in [-0.15, -0.1) is 0 Å². The number of aromatic nitrogens is 4. The number of nitrogen functional groups attached to an aromatic ring is 1. The minimum atomic E-state index is -0.544. The highest BCUT2D eigenvalue weighted by atomic mass is 16.6. The quantitative estimate of drug-likeness (QED) is 0.336. The third-order valence-electron chi connectivity index (χ3n) is 5.96. The first-order valence-electron chi connectivity index (χ1n) is 11.2. The molecule has 5 rings (SSSR count). The molecule has 2 aromatic carbocycles. The highest BCUT2D eigenvalue weighted by Gasteiger charge is 2.32. The fourth-order valence-electron chi connectivity index (χ4n) is 4.11. The van der Waals surface area contributed by atoms with Gasteiger partial charge in [0.1, 0.15) is 24.6 Å². The van der Waals surface area contributed by atoms with Crippen LogP contribution in [-0.2, 0) is 9.47 Å². The summed E-state index contributed by atoms with van der Waals surface area (Å²) in [6, 6.07) is 17.4. The van der Waals surface area contributed by atoms with Gasteiger partial charge in [-0.05, 0) is 24.3 Å². The van der Waals surface area contributed by atoms with Gasteiger partial charge in [0, 0.05) is 12.3 Å². The van der Waals surface area contributed by atoms with E-state index in [4.69, 9.17) is 15.2 Å². The zero-order valence-electron chi connectivity index (χ0n) is 18.7. The summed E-state index contributed by atoms with van der Waals surface area (Å²) >= 11 is 0. The Kier molecular flexibility index (Phi) is 6.21. The van der Waals surface area contributed by atoms with E-state index in [0.717, 1.165) is 0 Å². The number of nitrogens with zero attached hydrogens (tertiary/aromatic N) is 4. The number of imidazole rings is 1. The summed E-state index contributed by atoms with van der Waals surface area (Å²) in [5.74, 6) is -0.888. The number of benzene rings is 2. The lowest BCUT2D eigenvalue weighted by Crippen LogP contribution is -2.35. The summed E-state index contributed by atoms with van der Waals surface area (Å²) < 4.78 is 13.4. The van der Waals surface area contributed by atoms with Crippen molar-refractivity contribution in [1.82, 2.24) is 19.5 Å². The Balaban J connectivity index is 1.38. The van der Waals surface area contributed by atoms with Gasteiger partial charge in [0.25, 0.3) is 0 Å². The normalized spacial score (nSPS) is 19.4. The molecule has 4 aromatic rings. The van der Waals surface area contributed by atoms with Crippen LogP contribution in [0, 0.1) is 5.92 Å². The van der Waals surface area contributed by atoms with Gasteiger partial charge in [-0.25, -0.2) is 24.5 Å². The molecule has 2 N–H and O–H groups in total. The Hall–Kier alpha value is -4.53. The summed E-state index contributed by atoms with van der Waals surface area (Å²) in [6.07, 6.45) is 6.83. The second-order valence-corrected chi connectivity index (χ2v) is 8.21. The maximum absolute atomic E-state index is 12.9. The van der Waals surface area contributed by atoms with Gasteiger partial charge in [-0.1, -0.05) is 48.6 Å². The number of fused-ring (bicyclic) bond motifs is 1. The fourth-order valence-corrected chi connectivity index (χ4v) is 4.11. The highest BCUT2D eigenvalue weighted by Crippen LogP contribution is 2.32. The molecule has 9 heteroatoms. The SMILES string of the molecule is Nc1ncnc2c1ncn2[C@H]1C=C[C@H](COC(=O)c2ccccc2)[C@@H](OC(=O)c2ccccc2)C1. The number of rotatable bonds is 6. The van der Waals surface area contributed by atoms with Crippen molar-refractivity contribution in [1.29, 1.82) is 0 Å². The van der Waals surface area contributed by atoms with Crippen molar-refractivity contribution in [2.45, 2.75) is 18.6 Å². The first kappa shape index (κ1) is 22.3. The molecule has 35 heavy (non-hydrogen) atoms. The lowest BCUT2D eigenvalue weighted by molar-refractivity contribution is -0.00246. The minimum Gasteiger partial charge on any atom is -0.461 e. The van der Waals surface area contributed by atoms with Crippen LogP contribution in [0.25, 0.3) is 11.2 Å². The van der Waals surface area contributed by atoms with Crippen LogP contribution in [-0.4, -0.2) is 44.2 Å². The number of esters is 2. The Morgan fingerprint density at radius 1 is 0.914 bits per heavy atom. The molecule has 0 spiro atoms. The number of ether oxygens (including phenoxy) is 2. The number of anilines is 1. The molecule has 0 radical (unpaired) electrons. The molecule has 0 saturated heterocycles. The van der Waals surface area contributed by atoms with E-state index in [9.17, 15) is 9.59 Å². The summed E-state index contributed by atoms with van der Waals surface area (Å²) in [5.41, 5.74) is 7.95. The number of hydrogen-bond acceptors (Lipinski definition) is 8. The van der Waals surface area contributed by atoms with E-state index in [1.165, 1.54) is 6.33 Å². The summed E-state index contributed by atoms with van der Waals surface area (Å²) in [4.78, 5) is 38.0. The monoisotopic (exact) mass is 469 g/mol. The van der Waals surface area contributed by atoms with Gasteiger partial charge in [0.15, 0.2) is 11.5 Å². The molecule has 9 nitrogen and oxygen atoms in total. The van der Waals surface area contributed by atoms with E-state index in [2.05, 4.69) is 15.0 Å². The summed E-state index contributed by atoms with van der Waals surface area (Å²) in [6.45, 7) is 0.0729. The van der Waals surface area contributed by atoms with Gasteiger partial charge in [0.05, 0.1) is 23.5 Å². The average molecular weight is 470 g/mol. The lowest BCUT2D eigenvalue weighted by Gasteiger charge is -2.32. The Bertz CT molecular complexity index is 1370. The predicted octanol–water partition coefficient (Wildman–Crippen LogP) is 3.61. The van der Waals surface area contributed by atoms with Crippen LogP contribution in [0.5, 0.6) is 0 Å². The molecule has 1 aliphatic rings. The van der Waals surface area contributed by atoms with Crippen LogP contribution < -0.4 is 5.73 Å². The lowest BCUT2D eigenvalue weighted by atomic mass is 9.90. The van der Waals surface area contributed by atoms with Gasteiger partial charge in [-0.2, -0.15) is 0 Å². The molecular formula is C26H23N5O4. The van der Waals surface area contributed by atoms with Crippen molar-refractivity contribution in [3.8, 4) is 0 Å². The topological polar surface area (TPSA) is 122 Å². The summed E-state index contributed by atoms with van der Waals surface area (Å²) in [5, 5.41) is 0. The number of hydrogen-bond donors (Lipinski definition) is 1. The molecule has 3 atom stereocenters. The zero-order chi connectivity index (χ0) is 24.2. The second-order valence-electron chi connectivity index (χ2n) is 8.21. The zero-order valence-corrected chi connectivity index (χ0v) is 18.7. The van der Waals surface area contributed by atoms with Gasteiger partial charge in [0.2, 0.25) is 0 Å². The van der Waals surface area contributed by atoms with E-state index in [0.29, 0.717) is 34.5 Å². The third kappa shape index (κ3) is 4.74. The van der Waals surface area contributed by atoms with Crippen LogP contribution in [0.4, 0.5) is 5.82 Å². The molecular weight excluding hydrogens is 446 g/mol. The molecule has 2 heterocycles. The Labute approximate surface area is 201 Å². The van der Waals surface area contributed by atoms with Crippen molar-refractivity contribution >= 4 is 28.9 Å². The molecule has 0 amide bonds. The van der Waals surface area contributed by atoms with Crippen LogP contribution in [0.15, 0.2) is 85.5 Å². The van der Waals surface area contributed by atoms with Gasteiger partial charge < -0.3 is 19.8 Å². The molecule has 0 fully saturated rings. The first-order valence-corrected chi connectivity index (χ1v) is 11.2. The maximum atomic E-state index is 12.9. The Morgan fingerprint density at radius 2 is 1.60 bits per heavy atom. The Morgan fingerprint density at radius 3 is 2.31 bits per heavy atom. The minimum absolute atomic E-state index is 0.0729. The smallest absolute Gasteiger partial charge is 0.338 e. The van der Waals surface area contributed by atoms with Crippen LogP contribution >= 0.6 is 0 Å². The molecule has 0 saturated carbocycles. The van der Waals surface area contributed by atoms with E-state index in [1.807, 2.05) is 28.9 Å². The molecule has 0 unspecified atom stereocenters. The van der Waals surface area contributed by atoms with Gasteiger partial charge in [-0.3, -0.25) is 0 Å². The third-order valence-corrected chi connectivity index (χ3v) is 5.96. The van der Waals surface area contributed by atoms with Crippen LogP contribution in [0.3, 0.4) is 0 Å². The first-order chi connectivity index (χ1) is 17.1. The van der Waals surface area contributed by atoms with Crippen LogP contribution in [0.2, 0.25) is 0 Å². The standard InChI is InChI=1S/C26H23N5O4/c27-23-22-24(29-15-28-23)31(16-30-22)20-12-11-19(14-34-25(32)17-7-3-1-4-8-17)21(13-20)35-26(33)18-9-5-2-6-10-18/h1-12,15-16,19-21H,13-14H2,(H2,27,28,29)/t19-,20+,21+/m1/s1. The largest absolute Gasteiger partial charge is 0.461 e. The van der Waals surface area contributed by atoms with E-state index in [1.54, 1.807) is 54.9 Å².